The summed E-state index contributed by atoms with van der Waals surface area (Å²) in [6.45, 7) is 0. The minimum Gasteiger partial charge on any atom is -0.501 e. The molecular weight excluding hydrogens is 172 g/mol. The number of fused-ring (bicyclic) bond motifs is 1. The predicted octanol–water partition coefficient (Wildman–Crippen LogP) is 1.85. The van der Waals surface area contributed by atoms with Crippen molar-refractivity contribution in [3.05, 3.63) is 18.2 Å². The fourth-order valence-electron chi connectivity index (χ4n) is 1.26. The van der Waals surface area contributed by atoms with Crippen LogP contribution < -0.4 is 4.74 Å². The molecule has 1 aromatic heterocycles. The second-order valence-electron chi connectivity index (χ2n) is 2.59. The molecule has 0 saturated heterocycles. The maximum Gasteiger partial charge on any atom is 0.327 e. The Morgan fingerprint density at radius 2 is 2.08 bits per heavy atom. The lowest BCUT2D eigenvalue weighted by Gasteiger charge is -1.99. The molecular formula is C9H8O4. The Labute approximate surface area is 74.0 Å². The summed E-state index contributed by atoms with van der Waals surface area (Å²) in [7, 11) is 1.48. The summed E-state index contributed by atoms with van der Waals surface area (Å²) in [5.74, 6) is -0.300. The van der Waals surface area contributed by atoms with Crippen LogP contribution in [0.1, 0.15) is 0 Å². The van der Waals surface area contributed by atoms with E-state index in [-0.39, 0.29) is 5.75 Å². The molecule has 13 heavy (non-hydrogen) atoms. The fourth-order valence-corrected chi connectivity index (χ4v) is 1.26. The van der Waals surface area contributed by atoms with Crippen molar-refractivity contribution in [2.45, 2.75) is 0 Å². The number of aromatic hydroxyl groups is 2. The summed E-state index contributed by atoms with van der Waals surface area (Å²) in [6.07, 6.45) is 0. The van der Waals surface area contributed by atoms with Crippen molar-refractivity contribution >= 4 is 11.0 Å². The van der Waals surface area contributed by atoms with Gasteiger partial charge in [0, 0.05) is 0 Å². The quantitative estimate of drug-likeness (QED) is 0.703. The molecule has 0 saturated carbocycles. The Kier molecular flexibility index (Phi) is 1.55. The first-order valence-electron chi connectivity index (χ1n) is 3.71. The standard InChI is InChI=1S/C9H8O4/c1-12-5-3-2-4-6-7(5)8(10)9(11)13-6/h2-4,10-11H,1H3. The van der Waals surface area contributed by atoms with E-state index in [4.69, 9.17) is 14.3 Å². The van der Waals surface area contributed by atoms with Crippen LogP contribution in [0.3, 0.4) is 0 Å². The second kappa shape index (κ2) is 2.58. The molecule has 2 rings (SSSR count). The first-order chi connectivity index (χ1) is 6.24. The molecule has 0 radical (unpaired) electrons. The van der Waals surface area contributed by atoms with E-state index in [0.717, 1.165) is 0 Å². The topological polar surface area (TPSA) is 62.8 Å². The third-order valence-electron chi connectivity index (χ3n) is 1.85. The maximum atomic E-state index is 9.39. The van der Waals surface area contributed by atoms with Gasteiger partial charge < -0.3 is 19.4 Å². The summed E-state index contributed by atoms with van der Waals surface area (Å²) in [5, 5.41) is 18.9. The van der Waals surface area contributed by atoms with Crippen molar-refractivity contribution in [2.24, 2.45) is 0 Å². The molecule has 0 aliphatic heterocycles. The number of rotatable bonds is 1. The highest BCUT2D eigenvalue weighted by atomic mass is 16.5. The van der Waals surface area contributed by atoms with Gasteiger partial charge in [0.2, 0.25) is 5.75 Å². The molecule has 0 bridgehead atoms. The van der Waals surface area contributed by atoms with Gasteiger partial charge in [0.05, 0.1) is 7.11 Å². The van der Waals surface area contributed by atoms with Gasteiger partial charge in [-0.05, 0) is 12.1 Å². The summed E-state index contributed by atoms with van der Waals surface area (Å²) < 4.78 is 9.86. The maximum absolute atomic E-state index is 9.39. The molecule has 4 heteroatoms. The predicted molar refractivity (Wildman–Crippen MR) is 46.1 cm³/mol. The molecule has 0 atom stereocenters. The van der Waals surface area contributed by atoms with Crippen LogP contribution in [0, 0.1) is 0 Å². The minimum atomic E-state index is -0.487. The smallest absolute Gasteiger partial charge is 0.327 e. The molecule has 0 spiro atoms. The van der Waals surface area contributed by atoms with Gasteiger partial charge in [0.25, 0.3) is 0 Å². The van der Waals surface area contributed by atoms with Gasteiger partial charge in [-0.3, -0.25) is 0 Å². The fraction of sp³-hybridized carbons (Fsp3) is 0.111. The Morgan fingerprint density at radius 3 is 2.77 bits per heavy atom. The van der Waals surface area contributed by atoms with Crippen molar-refractivity contribution < 1.29 is 19.4 Å². The Morgan fingerprint density at radius 1 is 1.31 bits per heavy atom. The highest BCUT2D eigenvalue weighted by molar-refractivity contribution is 5.91. The van der Waals surface area contributed by atoms with E-state index in [1.54, 1.807) is 18.2 Å². The third-order valence-corrected chi connectivity index (χ3v) is 1.85. The van der Waals surface area contributed by atoms with Gasteiger partial charge in [-0.25, -0.2) is 0 Å². The van der Waals surface area contributed by atoms with Gasteiger partial charge in [-0.15, -0.1) is 0 Å². The average molecular weight is 180 g/mol. The molecule has 0 fully saturated rings. The van der Waals surface area contributed by atoms with E-state index in [1.807, 2.05) is 0 Å². The van der Waals surface area contributed by atoms with E-state index in [2.05, 4.69) is 0 Å². The van der Waals surface area contributed by atoms with E-state index in [0.29, 0.717) is 16.7 Å². The van der Waals surface area contributed by atoms with Gasteiger partial charge in [-0.1, -0.05) is 6.07 Å². The highest BCUT2D eigenvalue weighted by Gasteiger charge is 2.15. The number of furan rings is 1. The van der Waals surface area contributed by atoms with Crippen molar-refractivity contribution in [1.82, 2.24) is 0 Å². The normalized spacial score (nSPS) is 10.5. The van der Waals surface area contributed by atoms with Crippen LogP contribution in [0.25, 0.3) is 11.0 Å². The van der Waals surface area contributed by atoms with E-state index in [9.17, 15) is 5.11 Å². The Hall–Kier alpha value is -1.84. The summed E-state index contributed by atoms with van der Waals surface area (Å²) in [6, 6.07) is 5.03. The van der Waals surface area contributed by atoms with Crippen molar-refractivity contribution in [3.8, 4) is 17.4 Å². The highest BCUT2D eigenvalue weighted by Crippen LogP contribution is 2.41. The molecule has 0 aliphatic rings. The zero-order valence-electron chi connectivity index (χ0n) is 6.94. The van der Waals surface area contributed by atoms with Crippen molar-refractivity contribution in [3.63, 3.8) is 0 Å². The van der Waals surface area contributed by atoms with Crippen LogP contribution in [0.5, 0.6) is 17.4 Å². The monoisotopic (exact) mass is 180 g/mol. The molecule has 4 nitrogen and oxygen atoms in total. The Balaban J connectivity index is 2.87. The molecule has 68 valence electrons. The number of benzene rings is 1. The average Bonchev–Trinajstić information content (AvgIpc) is 2.43. The number of methoxy groups -OCH3 is 1. The van der Waals surface area contributed by atoms with E-state index < -0.39 is 5.95 Å². The molecule has 2 aromatic rings. The van der Waals surface area contributed by atoms with Crippen molar-refractivity contribution in [2.75, 3.05) is 7.11 Å². The van der Waals surface area contributed by atoms with Crippen LogP contribution in [-0.2, 0) is 0 Å². The summed E-state index contributed by atoms with van der Waals surface area (Å²) >= 11 is 0. The molecule has 1 aromatic carbocycles. The zero-order valence-corrected chi connectivity index (χ0v) is 6.94. The lowest BCUT2D eigenvalue weighted by Crippen LogP contribution is -1.81. The lowest BCUT2D eigenvalue weighted by molar-refractivity contribution is 0.316. The molecule has 0 aliphatic carbocycles. The van der Waals surface area contributed by atoms with Gasteiger partial charge in [-0.2, -0.15) is 0 Å². The van der Waals surface area contributed by atoms with E-state index in [1.165, 1.54) is 7.11 Å². The zero-order chi connectivity index (χ0) is 9.42. The number of hydrogen-bond donors (Lipinski definition) is 2. The van der Waals surface area contributed by atoms with Crippen LogP contribution >= 0.6 is 0 Å². The molecule has 0 amide bonds. The molecule has 0 unspecified atom stereocenters. The lowest BCUT2D eigenvalue weighted by atomic mass is 10.2. The Bertz CT molecular complexity index is 444. The van der Waals surface area contributed by atoms with Gasteiger partial charge in [0.15, 0.2) is 0 Å². The van der Waals surface area contributed by atoms with E-state index >= 15 is 0 Å². The minimum absolute atomic E-state index is 0.285. The molecule has 1 heterocycles. The number of ether oxygens (including phenoxy) is 1. The van der Waals surface area contributed by atoms with Crippen LogP contribution in [0.15, 0.2) is 22.6 Å². The largest absolute Gasteiger partial charge is 0.501 e. The van der Waals surface area contributed by atoms with Crippen molar-refractivity contribution in [1.29, 1.82) is 0 Å². The van der Waals surface area contributed by atoms with Crippen LogP contribution in [-0.4, -0.2) is 17.3 Å². The summed E-state index contributed by atoms with van der Waals surface area (Å²) in [4.78, 5) is 0. The first-order valence-corrected chi connectivity index (χ1v) is 3.71. The third kappa shape index (κ3) is 0.989. The SMILES string of the molecule is COc1cccc2oc(O)c(O)c12. The second-order valence-corrected chi connectivity index (χ2v) is 2.59. The number of hydrogen-bond acceptors (Lipinski definition) is 4. The first kappa shape index (κ1) is 7.79. The van der Waals surface area contributed by atoms with Gasteiger partial charge >= 0.3 is 5.95 Å². The summed E-state index contributed by atoms with van der Waals surface area (Å²) in [5.41, 5.74) is 0.398. The van der Waals surface area contributed by atoms with Crippen LogP contribution in [0.4, 0.5) is 0 Å². The molecule has 2 N–H and O–H groups in total. The van der Waals surface area contributed by atoms with Gasteiger partial charge in [0.1, 0.15) is 16.7 Å². The van der Waals surface area contributed by atoms with Crippen LogP contribution in [0.2, 0.25) is 0 Å².